The summed E-state index contributed by atoms with van der Waals surface area (Å²) in [4.78, 5) is 4.41. The minimum absolute atomic E-state index is 0.670. The first-order valence-electron chi connectivity index (χ1n) is 4.47. The van der Waals surface area contributed by atoms with Crippen LogP contribution in [0.3, 0.4) is 0 Å². The van der Waals surface area contributed by atoms with Gasteiger partial charge in [0, 0.05) is 16.1 Å². The zero-order chi connectivity index (χ0) is 10.8. The zero-order valence-electron chi connectivity index (χ0n) is 8.45. The summed E-state index contributed by atoms with van der Waals surface area (Å²) in [6.07, 6.45) is 0. The van der Waals surface area contributed by atoms with E-state index in [0.29, 0.717) is 5.02 Å². The predicted octanol–water partition coefficient (Wildman–Crippen LogP) is 3.78. The molecule has 1 aromatic heterocycles. The van der Waals surface area contributed by atoms with Crippen molar-refractivity contribution >= 4 is 22.9 Å². The van der Waals surface area contributed by atoms with Crippen molar-refractivity contribution in [2.45, 2.75) is 6.92 Å². The third kappa shape index (κ3) is 2.13. The molecule has 0 fully saturated rings. The monoisotopic (exact) mass is 239 g/mol. The van der Waals surface area contributed by atoms with Crippen molar-refractivity contribution in [3.8, 4) is 16.3 Å². The van der Waals surface area contributed by atoms with E-state index in [2.05, 4.69) is 4.98 Å². The summed E-state index contributed by atoms with van der Waals surface area (Å²) in [5.41, 5.74) is 2.01. The fourth-order valence-corrected chi connectivity index (χ4v) is 2.31. The summed E-state index contributed by atoms with van der Waals surface area (Å²) in [5.74, 6) is 0.761. The van der Waals surface area contributed by atoms with Crippen LogP contribution in [0.25, 0.3) is 10.6 Å². The lowest BCUT2D eigenvalue weighted by atomic mass is 10.2. The molecule has 0 saturated heterocycles. The van der Waals surface area contributed by atoms with Gasteiger partial charge in [0.15, 0.2) is 0 Å². The van der Waals surface area contributed by atoms with Gasteiger partial charge in [-0.15, -0.1) is 11.3 Å². The maximum Gasteiger partial charge on any atom is 0.130 e. The molecule has 2 aromatic rings. The largest absolute Gasteiger partial charge is 0.496 e. The zero-order valence-corrected chi connectivity index (χ0v) is 10.0. The third-order valence-corrected chi connectivity index (χ3v) is 3.24. The number of hydrogen-bond donors (Lipinski definition) is 0. The molecule has 0 amide bonds. The molecule has 2 rings (SSSR count). The summed E-state index contributed by atoms with van der Waals surface area (Å²) in [7, 11) is 1.63. The van der Waals surface area contributed by atoms with Gasteiger partial charge in [-0.1, -0.05) is 11.6 Å². The number of rotatable bonds is 2. The lowest BCUT2D eigenvalue weighted by Crippen LogP contribution is -1.87. The first kappa shape index (κ1) is 10.5. The van der Waals surface area contributed by atoms with Crippen molar-refractivity contribution < 1.29 is 4.74 Å². The molecule has 0 aliphatic heterocycles. The first-order valence-corrected chi connectivity index (χ1v) is 5.72. The van der Waals surface area contributed by atoms with Gasteiger partial charge in [-0.25, -0.2) is 4.98 Å². The Morgan fingerprint density at radius 2 is 2.20 bits per heavy atom. The number of halogens is 1. The highest BCUT2D eigenvalue weighted by Crippen LogP contribution is 2.33. The number of methoxy groups -OCH3 is 1. The molecule has 0 radical (unpaired) electrons. The molecule has 2 nitrogen and oxygen atoms in total. The molecule has 1 aromatic carbocycles. The SMILES string of the molecule is COc1cc(Cl)ccc1-c1nc(C)cs1. The number of aromatic nitrogens is 1. The number of thiazole rings is 1. The van der Waals surface area contributed by atoms with E-state index in [4.69, 9.17) is 16.3 Å². The minimum Gasteiger partial charge on any atom is -0.496 e. The van der Waals surface area contributed by atoms with E-state index in [1.807, 2.05) is 24.4 Å². The van der Waals surface area contributed by atoms with E-state index in [-0.39, 0.29) is 0 Å². The molecular weight excluding hydrogens is 230 g/mol. The number of aryl methyl sites for hydroxylation is 1. The van der Waals surface area contributed by atoms with E-state index in [1.165, 1.54) is 0 Å². The summed E-state index contributed by atoms with van der Waals surface area (Å²) < 4.78 is 5.27. The van der Waals surface area contributed by atoms with E-state index < -0.39 is 0 Å². The Balaban J connectivity index is 2.52. The molecule has 4 heteroatoms. The predicted molar refractivity (Wildman–Crippen MR) is 63.8 cm³/mol. The summed E-state index contributed by atoms with van der Waals surface area (Å²) in [5, 5.41) is 3.65. The molecule has 0 aliphatic rings. The number of hydrogen-bond acceptors (Lipinski definition) is 3. The van der Waals surface area contributed by atoms with Crippen LogP contribution in [-0.4, -0.2) is 12.1 Å². The van der Waals surface area contributed by atoms with Gasteiger partial charge in [0.2, 0.25) is 0 Å². The molecule has 0 N–H and O–H groups in total. The van der Waals surface area contributed by atoms with Gasteiger partial charge >= 0.3 is 0 Å². The second-order valence-corrected chi connectivity index (χ2v) is 4.43. The van der Waals surface area contributed by atoms with Crippen molar-refractivity contribution in [2.24, 2.45) is 0 Å². The molecule has 0 saturated carbocycles. The highest BCUT2D eigenvalue weighted by Gasteiger charge is 2.09. The van der Waals surface area contributed by atoms with Crippen LogP contribution in [0.1, 0.15) is 5.69 Å². The third-order valence-electron chi connectivity index (χ3n) is 2.01. The Bertz CT molecular complexity index is 481. The normalized spacial score (nSPS) is 10.3. The van der Waals surface area contributed by atoms with Gasteiger partial charge in [-0.2, -0.15) is 0 Å². The average Bonchev–Trinajstić information content (AvgIpc) is 2.64. The molecule has 0 aliphatic carbocycles. The van der Waals surface area contributed by atoms with E-state index >= 15 is 0 Å². The highest BCUT2D eigenvalue weighted by atomic mass is 35.5. The molecule has 0 spiro atoms. The topological polar surface area (TPSA) is 22.1 Å². The number of nitrogens with zero attached hydrogens (tertiary/aromatic N) is 1. The summed E-state index contributed by atoms with van der Waals surface area (Å²) in [6, 6.07) is 5.57. The van der Waals surface area contributed by atoms with E-state index in [9.17, 15) is 0 Å². The molecular formula is C11H10ClNOS. The fourth-order valence-electron chi connectivity index (χ4n) is 1.32. The van der Waals surface area contributed by atoms with E-state index in [0.717, 1.165) is 22.0 Å². The van der Waals surface area contributed by atoms with Crippen LogP contribution in [0, 0.1) is 6.92 Å². The van der Waals surface area contributed by atoms with Gasteiger partial charge < -0.3 is 4.74 Å². The Morgan fingerprint density at radius 1 is 1.40 bits per heavy atom. The molecule has 0 bridgehead atoms. The van der Waals surface area contributed by atoms with Gasteiger partial charge in [0.05, 0.1) is 12.7 Å². The van der Waals surface area contributed by atoms with Crippen molar-refractivity contribution in [1.82, 2.24) is 4.98 Å². The van der Waals surface area contributed by atoms with Crippen LogP contribution in [0.5, 0.6) is 5.75 Å². The van der Waals surface area contributed by atoms with Crippen molar-refractivity contribution in [1.29, 1.82) is 0 Å². The van der Waals surface area contributed by atoms with E-state index in [1.54, 1.807) is 24.5 Å². The average molecular weight is 240 g/mol. The Kier molecular flexibility index (Phi) is 2.93. The van der Waals surface area contributed by atoms with Crippen molar-refractivity contribution in [2.75, 3.05) is 7.11 Å². The summed E-state index contributed by atoms with van der Waals surface area (Å²) >= 11 is 7.50. The van der Waals surface area contributed by atoms with Crippen LogP contribution in [0.15, 0.2) is 23.6 Å². The minimum atomic E-state index is 0.670. The molecule has 0 atom stereocenters. The van der Waals surface area contributed by atoms with Crippen molar-refractivity contribution in [3.05, 3.63) is 34.3 Å². The molecule has 15 heavy (non-hydrogen) atoms. The molecule has 0 unspecified atom stereocenters. The lowest BCUT2D eigenvalue weighted by molar-refractivity contribution is 0.416. The number of ether oxygens (including phenoxy) is 1. The second-order valence-electron chi connectivity index (χ2n) is 3.14. The smallest absolute Gasteiger partial charge is 0.130 e. The maximum absolute atomic E-state index is 5.89. The second kappa shape index (κ2) is 4.21. The Hall–Kier alpha value is -1.06. The van der Waals surface area contributed by atoms with Crippen LogP contribution < -0.4 is 4.74 Å². The molecule has 78 valence electrons. The fraction of sp³-hybridized carbons (Fsp3) is 0.182. The van der Waals surface area contributed by atoms with Gasteiger partial charge in [-0.3, -0.25) is 0 Å². The highest BCUT2D eigenvalue weighted by molar-refractivity contribution is 7.13. The van der Waals surface area contributed by atoms with Crippen LogP contribution in [-0.2, 0) is 0 Å². The molecule has 1 heterocycles. The lowest BCUT2D eigenvalue weighted by Gasteiger charge is -2.05. The quantitative estimate of drug-likeness (QED) is 0.796. The Morgan fingerprint density at radius 3 is 2.80 bits per heavy atom. The Labute approximate surface area is 97.5 Å². The summed E-state index contributed by atoms with van der Waals surface area (Å²) in [6.45, 7) is 1.97. The standard InChI is InChI=1S/C11H10ClNOS/c1-7-6-15-11(13-7)9-4-3-8(12)5-10(9)14-2/h3-6H,1-2H3. The first-order chi connectivity index (χ1) is 7.20. The van der Waals surface area contributed by atoms with Crippen LogP contribution >= 0.6 is 22.9 Å². The van der Waals surface area contributed by atoms with Gasteiger partial charge in [0.25, 0.3) is 0 Å². The van der Waals surface area contributed by atoms with Crippen molar-refractivity contribution in [3.63, 3.8) is 0 Å². The van der Waals surface area contributed by atoms with Crippen LogP contribution in [0.2, 0.25) is 5.02 Å². The van der Waals surface area contributed by atoms with Crippen LogP contribution in [0.4, 0.5) is 0 Å². The maximum atomic E-state index is 5.89. The number of benzene rings is 1. The van der Waals surface area contributed by atoms with Gasteiger partial charge in [0.1, 0.15) is 10.8 Å². The van der Waals surface area contributed by atoms with Gasteiger partial charge in [-0.05, 0) is 25.1 Å².